The van der Waals surface area contributed by atoms with Gasteiger partial charge in [0.25, 0.3) is 0 Å². The number of aromatic nitrogens is 1. The van der Waals surface area contributed by atoms with Gasteiger partial charge in [0.05, 0.1) is 12.1 Å². The zero-order chi connectivity index (χ0) is 25.7. The van der Waals surface area contributed by atoms with Crippen LogP contribution in [0.4, 0.5) is 5.69 Å². The first kappa shape index (κ1) is 19.4. The van der Waals surface area contributed by atoms with Gasteiger partial charge in [-0.2, -0.15) is 0 Å². The molecule has 6 rings (SSSR count). The first-order valence-electron chi connectivity index (χ1n) is 13.3. The van der Waals surface area contributed by atoms with Crippen molar-refractivity contribution in [1.82, 2.24) is 0 Å². The molecule has 0 atom stereocenters. The molecule has 0 unspecified atom stereocenters. The van der Waals surface area contributed by atoms with E-state index in [1.807, 2.05) is 72.4 Å². The van der Waals surface area contributed by atoms with Crippen molar-refractivity contribution in [3.63, 3.8) is 0 Å². The molecular formula is C32H29N2O+. The highest BCUT2D eigenvalue weighted by atomic mass is 16.3. The van der Waals surface area contributed by atoms with Crippen LogP contribution in [-0.4, -0.2) is 0 Å². The maximum absolute atomic E-state index is 8.84. The lowest BCUT2D eigenvalue weighted by Gasteiger charge is -2.10. The van der Waals surface area contributed by atoms with Crippen molar-refractivity contribution >= 4 is 27.6 Å². The lowest BCUT2D eigenvalue weighted by atomic mass is 9.96. The van der Waals surface area contributed by atoms with Crippen LogP contribution in [0.5, 0.6) is 0 Å². The maximum atomic E-state index is 8.84. The summed E-state index contributed by atoms with van der Waals surface area (Å²) in [5.74, 6) is 0.0759. The summed E-state index contributed by atoms with van der Waals surface area (Å²) in [7, 11) is 1.98. The Labute approximate surface area is 209 Å². The molecule has 2 aromatic heterocycles. The van der Waals surface area contributed by atoms with Gasteiger partial charge in [0.15, 0.2) is 11.9 Å². The molecule has 0 spiro atoms. The molecule has 1 aliphatic carbocycles. The number of furan rings is 1. The number of aryl methyl sites for hydroxylation is 2. The number of benzene rings is 3. The van der Waals surface area contributed by atoms with E-state index in [1.165, 1.54) is 0 Å². The van der Waals surface area contributed by atoms with Gasteiger partial charge in [0, 0.05) is 30.7 Å². The minimum Gasteiger partial charge on any atom is -0.456 e. The second kappa shape index (κ2) is 8.71. The number of hydrogen-bond acceptors (Lipinski definition) is 1. The Kier molecular flexibility index (Phi) is 4.83. The molecule has 0 bridgehead atoms. The van der Waals surface area contributed by atoms with E-state index in [1.54, 1.807) is 0 Å². The molecule has 0 amide bonds. The maximum Gasteiger partial charge on any atom is 0.216 e. The van der Waals surface area contributed by atoms with Crippen LogP contribution in [0.2, 0.25) is 0 Å². The molecule has 1 aliphatic rings. The van der Waals surface area contributed by atoms with Crippen LogP contribution in [0.25, 0.3) is 49.2 Å². The Morgan fingerprint density at radius 2 is 1.66 bits per heavy atom. The summed E-state index contributed by atoms with van der Waals surface area (Å²) >= 11 is 0. The Morgan fingerprint density at radius 1 is 0.943 bits per heavy atom. The van der Waals surface area contributed by atoms with Gasteiger partial charge in [0.2, 0.25) is 5.69 Å². The van der Waals surface area contributed by atoms with Crippen molar-refractivity contribution in [2.24, 2.45) is 13.0 Å². The molecule has 172 valence electrons. The first-order valence-corrected chi connectivity index (χ1v) is 12.3. The first-order chi connectivity index (χ1) is 17.9. The number of rotatable bonds is 4. The Balaban J connectivity index is 1.56. The Hall–Kier alpha value is -3.90. The molecule has 5 aromatic rings. The predicted molar refractivity (Wildman–Crippen MR) is 142 cm³/mol. The molecule has 0 N–H and O–H groups in total. The summed E-state index contributed by atoms with van der Waals surface area (Å²) in [6.07, 6.45) is 4.73. The summed E-state index contributed by atoms with van der Waals surface area (Å²) in [6, 6.07) is 22.0. The van der Waals surface area contributed by atoms with Crippen LogP contribution in [0, 0.1) is 19.4 Å². The largest absolute Gasteiger partial charge is 0.456 e. The van der Waals surface area contributed by atoms with Gasteiger partial charge in [-0.15, -0.1) is 0 Å². The van der Waals surface area contributed by atoms with Crippen molar-refractivity contribution in [1.29, 1.82) is 0 Å². The van der Waals surface area contributed by atoms with Crippen molar-refractivity contribution in [3.05, 3.63) is 95.5 Å². The second-order valence-corrected chi connectivity index (χ2v) is 9.59. The topological polar surface area (TPSA) is 21.4 Å². The second-order valence-electron chi connectivity index (χ2n) is 9.59. The van der Waals surface area contributed by atoms with E-state index in [0.717, 1.165) is 81.1 Å². The monoisotopic (exact) mass is 459 g/mol. The molecule has 3 aromatic carbocycles. The average Bonchev–Trinajstić information content (AvgIpc) is 3.58. The normalized spacial score (nSPS) is 15.3. The minimum absolute atomic E-state index is 0.0759. The minimum atomic E-state index is -1.34. The SMILES string of the molecule is [2H]C([2H])(c1ccc(-c2c(C)ccc3c2oc2c(-c4ccccc4)c([N+]#[C-])ccc23)[n+](C)c1)C1CCCC1. The molecule has 2 heterocycles. The lowest BCUT2D eigenvalue weighted by Crippen LogP contribution is -2.31. The van der Waals surface area contributed by atoms with Crippen LogP contribution >= 0.6 is 0 Å². The summed E-state index contributed by atoms with van der Waals surface area (Å²) in [4.78, 5) is 3.80. The lowest BCUT2D eigenvalue weighted by molar-refractivity contribution is -0.660. The summed E-state index contributed by atoms with van der Waals surface area (Å²) in [5.41, 5.74) is 7.63. The number of pyridine rings is 1. The smallest absolute Gasteiger partial charge is 0.216 e. The summed E-state index contributed by atoms with van der Waals surface area (Å²) in [5, 5.41) is 1.99. The fourth-order valence-electron chi connectivity index (χ4n) is 5.55. The van der Waals surface area contributed by atoms with Crippen LogP contribution in [-0.2, 0) is 13.4 Å². The molecular weight excluding hydrogens is 428 g/mol. The van der Waals surface area contributed by atoms with Gasteiger partial charge in [-0.05, 0) is 36.4 Å². The molecule has 3 nitrogen and oxygen atoms in total. The summed E-state index contributed by atoms with van der Waals surface area (Å²) in [6.45, 7) is 9.84. The molecule has 1 saturated carbocycles. The fraction of sp³-hybridized carbons (Fsp3) is 0.250. The number of fused-ring (bicyclic) bond motifs is 3. The van der Waals surface area contributed by atoms with Crippen LogP contribution in [0.3, 0.4) is 0 Å². The van der Waals surface area contributed by atoms with Crippen molar-refractivity contribution in [2.45, 2.75) is 39.0 Å². The van der Waals surface area contributed by atoms with Gasteiger partial charge in [-0.3, -0.25) is 0 Å². The molecule has 1 fully saturated rings. The fourth-order valence-corrected chi connectivity index (χ4v) is 5.55. The van der Waals surface area contributed by atoms with E-state index < -0.39 is 6.37 Å². The van der Waals surface area contributed by atoms with Gasteiger partial charge in [-0.1, -0.05) is 80.3 Å². The van der Waals surface area contributed by atoms with E-state index in [2.05, 4.69) is 23.9 Å². The zero-order valence-electron chi connectivity index (χ0n) is 22.1. The number of hydrogen-bond donors (Lipinski definition) is 0. The van der Waals surface area contributed by atoms with Crippen LogP contribution in [0.1, 0.15) is 39.6 Å². The highest BCUT2D eigenvalue weighted by molar-refractivity contribution is 6.15. The van der Waals surface area contributed by atoms with E-state index >= 15 is 0 Å². The third kappa shape index (κ3) is 3.70. The van der Waals surface area contributed by atoms with Gasteiger partial charge in [-0.25, -0.2) is 9.41 Å². The highest BCUT2D eigenvalue weighted by Crippen LogP contribution is 2.44. The van der Waals surface area contributed by atoms with Gasteiger partial charge >= 0.3 is 0 Å². The van der Waals surface area contributed by atoms with E-state index in [-0.39, 0.29) is 5.92 Å². The Morgan fingerprint density at radius 3 is 2.37 bits per heavy atom. The molecule has 0 radical (unpaired) electrons. The van der Waals surface area contributed by atoms with E-state index in [4.69, 9.17) is 13.7 Å². The number of nitrogens with zero attached hydrogens (tertiary/aromatic N) is 2. The molecule has 0 saturated heterocycles. The van der Waals surface area contributed by atoms with Gasteiger partial charge in [0.1, 0.15) is 18.2 Å². The third-order valence-electron chi connectivity index (χ3n) is 7.29. The van der Waals surface area contributed by atoms with E-state index in [9.17, 15) is 0 Å². The van der Waals surface area contributed by atoms with Gasteiger partial charge < -0.3 is 4.42 Å². The third-order valence-corrected chi connectivity index (χ3v) is 7.29. The van der Waals surface area contributed by atoms with Crippen molar-refractivity contribution in [2.75, 3.05) is 0 Å². The predicted octanol–water partition coefficient (Wildman–Crippen LogP) is 8.34. The van der Waals surface area contributed by atoms with Crippen molar-refractivity contribution < 1.29 is 11.7 Å². The molecule has 3 heteroatoms. The van der Waals surface area contributed by atoms with Crippen LogP contribution in [0.15, 0.2) is 77.3 Å². The van der Waals surface area contributed by atoms with E-state index in [0.29, 0.717) is 5.69 Å². The van der Waals surface area contributed by atoms with Crippen molar-refractivity contribution in [3.8, 4) is 22.4 Å². The quantitative estimate of drug-likeness (QED) is 0.195. The molecule has 35 heavy (non-hydrogen) atoms. The average molecular weight is 460 g/mol. The Bertz CT molecular complexity index is 1690. The summed E-state index contributed by atoms with van der Waals surface area (Å²) < 4.78 is 26.4. The zero-order valence-corrected chi connectivity index (χ0v) is 20.1. The molecule has 0 aliphatic heterocycles. The highest BCUT2D eigenvalue weighted by Gasteiger charge is 2.24. The standard InChI is InChI=1S/C32H29N2O/c1-21-13-15-25-26-16-17-27(33-2)30(24-11-5-4-6-12-24)32(26)35-31(25)29(21)28-18-14-23(20-34(28)3)19-22-9-7-8-10-22/h4-6,11-18,20,22H,7-10,19H2,1,3H3/q+1/i19D2. The van der Waals surface area contributed by atoms with Crippen LogP contribution < -0.4 is 4.57 Å².